The summed E-state index contributed by atoms with van der Waals surface area (Å²) in [5.74, 6) is 0.132. The summed E-state index contributed by atoms with van der Waals surface area (Å²) in [5.41, 5.74) is 1.64. The summed E-state index contributed by atoms with van der Waals surface area (Å²) >= 11 is 1.09. The van der Waals surface area contributed by atoms with Gasteiger partial charge < -0.3 is 9.15 Å². The van der Waals surface area contributed by atoms with Crippen molar-refractivity contribution in [3.05, 3.63) is 83.7 Å². The standard InChI is InChI=1S/C27H22N2O6S2/c1-4-36-27(31)23-14-13-22(35-23)24-25-19(15-20(28-24)26(30)34-3)18-7-5-6-8-21(18)29(25)37(32,33)17-11-9-16(2)10-12-17/h5-15H,4H2,1-3H3. The molecule has 0 spiro atoms. The number of hydrogen-bond donors (Lipinski definition) is 0. The van der Waals surface area contributed by atoms with Crippen LogP contribution in [0.3, 0.4) is 0 Å². The number of thioether (sulfide) groups is 1. The number of pyridine rings is 1. The molecule has 0 N–H and O–H groups in total. The molecular weight excluding hydrogens is 512 g/mol. The predicted octanol–water partition coefficient (Wildman–Crippen LogP) is 5.67. The number of rotatable bonds is 6. The maximum Gasteiger partial charge on any atom is 0.356 e. The van der Waals surface area contributed by atoms with Gasteiger partial charge in [0.2, 0.25) is 0 Å². The van der Waals surface area contributed by atoms with Crippen molar-refractivity contribution in [2.45, 2.75) is 18.7 Å². The first-order chi connectivity index (χ1) is 17.8. The Labute approximate surface area is 217 Å². The minimum absolute atomic E-state index is 0.0205. The van der Waals surface area contributed by atoms with E-state index in [0.717, 1.165) is 17.3 Å². The van der Waals surface area contributed by atoms with Crippen LogP contribution in [0, 0.1) is 6.92 Å². The number of methoxy groups -OCH3 is 1. The summed E-state index contributed by atoms with van der Waals surface area (Å²) < 4.78 is 40.1. The van der Waals surface area contributed by atoms with Crippen molar-refractivity contribution in [2.24, 2.45) is 0 Å². The van der Waals surface area contributed by atoms with Crippen molar-refractivity contribution in [1.82, 2.24) is 8.96 Å². The average Bonchev–Trinajstić information content (AvgIpc) is 3.52. The van der Waals surface area contributed by atoms with Gasteiger partial charge in [-0.15, -0.1) is 0 Å². The number of carbonyl (C=O) groups excluding carboxylic acids is 2. The third kappa shape index (κ3) is 4.21. The van der Waals surface area contributed by atoms with Gasteiger partial charge in [0.05, 0.1) is 23.0 Å². The SMILES string of the molecule is CCSC(=O)c1ccc(-c2nc(C(=O)OC)cc3c4ccccc4n(S(=O)(=O)c4ccc(C)cc4)c23)o1. The largest absolute Gasteiger partial charge is 0.464 e. The number of ether oxygens (including phenoxy) is 1. The maximum absolute atomic E-state index is 14.0. The van der Waals surface area contributed by atoms with Gasteiger partial charge in [0.1, 0.15) is 11.4 Å². The first-order valence-corrected chi connectivity index (χ1v) is 13.8. The van der Waals surface area contributed by atoms with Crippen molar-refractivity contribution >= 4 is 54.7 Å². The number of para-hydroxylation sites is 1. The number of fused-ring (bicyclic) bond motifs is 3. The van der Waals surface area contributed by atoms with Crippen LogP contribution in [-0.4, -0.2) is 41.3 Å². The monoisotopic (exact) mass is 534 g/mol. The lowest BCUT2D eigenvalue weighted by Gasteiger charge is -2.12. The Morgan fingerprint density at radius 3 is 2.46 bits per heavy atom. The second kappa shape index (κ2) is 9.53. The zero-order chi connectivity index (χ0) is 26.3. The molecule has 0 amide bonds. The van der Waals surface area contributed by atoms with Gasteiger partial charge >= 0.3 is 5.97 Å². The topological polar surface area (TPSA) is 108 Å². The Bertz CT molecular complexity index is 1780. The molecule has 0 bridgehead atoms. The molecule has 0 unspecified atom stereocenters. The normalized spacial score (nSPS) is 11.8. The fourth-order valence-corrected chi connectivity index (χ4v) is 6.22. The van der Waals surface area contributed by atoms with Gasteiger partial charge in [-0.05, 0) is 49.1 Å². The molecular formula is C27H22N2O6S2. The summed E-state index contributed by atoms with van der Waals surface area (Å²) in [7, 11) is -2.86. The van der Waals surface area contributed by atoms with E-state index in [9.17, 15) is 18.0 Å². The van der Waals surface area contributed by atoms with Crippen molar-refractivity contribution in [3.63, 3.8) is 0 Å². The van der Waals surface area contributed by atoms with E-state index in [-0.39, 0.29) is 38.4 Å². The summed E-state index contributed by atoms with van der Waals surface area (Å²) in [6.07, 6.45) is 0. The molecule has 0 saturated carbocycles. The minimum atomic E-state index is -4.11. The van der Waals surface area contributed by atoms with Crippen LogP contribution in [0.1, 0.15) is 33.5 Å². The Hall–Kier alpha value is -3.89. The highest BCUT2D eigenvalue weighted by Crippen LogP contribution is 2.38. The number of benzene rings is 2. The van der Waals surface area contributed by atoms with E-state index >= 15 is 0 Å². The molecule has 0 radical (unpaired) electrons. The third-order valence-corrected chi connectivity index (χ3v) is 8.36. The lowest BCUT2D eigenvalue weighted by Crippen LogP contribution is -2.14. The van der Waals surface area contributed by atoms with Crippen molar-refractivity contribution in [3.8, 4) is 11.5 Å². The van der Waals surface area contributed by atoms with Gasteiger partial charge in [-0.2, -0.15) is 0 Å². The van der Waals surface area contributed by atoms with Gasteiger partial charge in [-0.25, -0.2) is 22.2 Å². The molecule has 2 aromatic carbocycles. The zero-order valence-corrected chi connectivity index (χ0v) is 21.9. The van der Waals surface area contributed by atoms with Crippen molar-refractivity contribution < 1.29 is 27.2 Å². The lowest BCUT2D eigenvalue weighted by molar-refractivity contribution is 0.0594. The van der Waals surface area contributed by atoms with Gasteiger partial charge in [0.25, 0.3) is 15.1 Å². The van der Waals surface area contributed by atoms with Crippen molar-refractivity contribution in [2.75, 3.05) is 12.9 Å². The molecule has 0 aliphatic carbocycles. The zero-order valence-electron chi connectivity index (χ0n) is 20.2. The number of hydrogen-bond acceptors (Lipinski definition) is 8. The molecule has 8 nitrogen and oxygen atoms in total. The van der Waals surface area contributed by atoms with Crippen LogP contribution in [0.2, 0.25) is 0 Å². The first-order valence-electron chi connectivity index (χ1n) is 11.4. The Morgan fingerprint density at radius 2 is 1.76 bits per heavy atom. The fraction of sp³-hybridized carbons (Fsp3) is 0.148. The van der Waals surface area contributed by atoms with Crippen LogP contribution in [0.5, 0.6) is 0 Å². The summed E-state index contributed by atoms with van der Waals surface area (Å²) in [6.45, 7) is 3.73. The molecule has 0 atom stereocenters. The van der Waals surface area contributed by atoms with Gasteiger partial charge in [0, 0.05) is 10.8 Å². The first kappa shape index (κ1) is 24.8. The minimum Gasteiger partial charge on any atom is -0.464 e. The lowest BCUT2D eigenvalue weighted by atomic mass is 10.1. The van der Waals surface area contributed by atoms with Gasteiger partial charge in [0.15, 0.2) is 11.5 Å². The fourth-order valence-electron chi connectivity index (χ4n) is 4.17. The van der Waals surface area contributed by atoms with Crippen LogP contribution >= 0.6 is 11.8 Å². The highest BCUT2D eigenvalue weighted by atomic mass is 32.2. The van der Waals surface area contributed by atoms with Crippen LogP contribution < -0.4 is 0 Å². The molecule has 0 fully saturated rings. The van der Waals surface area contributed by atoms with E-state index < -0.39 is 16.0 Å². The Balaban J connectivity index is 1.90. The second-order valence-electron chi connectivity index (χ2n) is 8.23. The molecule has 5 aromatic rings. The molecule has 5 rings (SSSR count). The highest BCUT2D eigenvalue weighted by Gasteiger charge is 2.29. The van der Waals surface area contributed by atoms with Crippen LogP contribution in [0.25, 0.3) is 33.3 Å². The van der Waals surface area contributed by atoms with E-state index in [1.807, 2.05) is 13.8 Å². The van der Waals surface area contributed by atoms with Crippen LogP contribution in [0.15, 0.2) is 76.0 Å². The Kier molecular flexibility index (Phi) is 6.38. The Morgan fingerprint density at radius 1 is 1.03 bits per heavy atom. The molecule has 37 heavy (non-hydrogen) atoms. The summed E-state index contributed by atoms with van der Waals surface area (Å²) in [4.78, 5) is 29.5. The predicted molar refractivity (Wildman–Crippen MR) is 143 cm³/mol. The number of aryl methyl sites for hydroxylation is 1. The number of carbonyl (C=O) groups is 2. The van der Waals surface area contributed by atoms with E-state index in [1.54, 1.807) is 54.6 Å². The van der Waals surface area contributed by atoms with E-state index in [2.05, 4.69) is 4.98 Å². The molecule has 0 aliphatic rings. The van der Waals surface area contributed by atoms with Crippen LogP contribution in [-0.2, 0) is 14.8 Å². The van der Waals surface area contributed by atoms with Crippen LogP contribution in [0.4, 0.5) is 0 Å². The van der Waals surface area contributed by atoms with Gasteiger partial charge in [-0.1, -0.05) is 54.6 Å². The molecule has 3 aromatic heterocycles. The molecule has 3 heterocycles. The quantitative estimate of drug-likeness (QED) is 0.256. The smallest absolute Gasteiger partial charge is 0.356 e. The second-order valence-corrected chi connectivity index (χ2v) is 11.3. The highest BCUT2D eigenvalue weighted by molar-refractivity contribution is 8.14. The van der Waals surface area contributed by atoms with E-state index in [4.69, 9.17) is 9.15 Å². The van der Waals surface area contributed by atoms with E-state index in [0.29, 0.717) is 22.0 Å². The molecule has 0 saturated heterocycles. The average molecular weight is 535 g/mol. The van der Waals surface area contributed by atoms with E-state index in [1.165, 1.54) is 23.2 Å². The maximum atomic E-state index is 14.0. The molecule has 10 heteroatoms. The van der Waals surface area contributed by atoms with Crippen molar-refractivity contribution in [1.29, 1.82) is 0 Å². The summed E-state index contributed by atoms with van der Waals surface area (Å²) in [6, 6.07) is 18.1. The molecule has 188 valence electrons. The number of aromatic nitrogens is 2. The van der Waals surface area contributed by atoms with Gasteiger partial charge in [-0.3, -0.25) is 4.79 Å². The summed E-state index contributed by atoms with van der Waals surface area (Å²) in [5, 5.41) is 0.817. The number of furan rings is 1. The number of nitrogens with zero attached hydrogens (tertiary/aromatic N) is 2. The third-order valence-electron chi connectivity index (χ3n) is 5.88. The molecule has 0 aliphatic heterocycles. The number of esters is 1.